The third-order valence-electron chi connectivity index (χ3n) is 4.56. The van der Waals surface area contributed by atoms with Crippen molar-refractivity contribution in [2.75, 3.05) is 20.1 Å². The maximum atomic E-state index is 12.1. The molecule has 0 saturated carbocycles. The van der Waals surface area contributed by atoms with Crippen molar-refractivity contribution in [3.8, 4) is 0 Å². The van der Waals surface area contributed by atoms with Crippen LogP contribution in [-0.2, 0) is 4.74 Å². The fourth-order valence-corrected chi connectivity index (χ4v) is 3.13. The van der Waals surface area contributed by atoms with Gasteiger partial charge in [0.15, 0.2) is 0 Å². The van der Waals surface area contributed by atoms with Crippen molar-refractivity contribution in [1.29, 1.82) is 0 Å². The van der Waals surface area contributed by atoms with E-state index in [-0.39, 0.29) is 12.0 Å². The van der Waals surface area contributed by atoms with E-state index in [4.69, 9.17) is 22.1 Å². The minimum Gasteiger partial charge on any atom is -0.444 e. The van der Waals surface area contributed by atoms with Crippen molar-refractivity contribution in [1.82, 2.24) is 4.90 Å². The molecule has 0 saturated heterocycles. The monoisotopic (exact) mass is 414 g/mol. The lowest BCUT2D eigenvalue weighted by Crippen LogP contribution is -2.39. The van der Waals surface area contributed by atoms with E-state index in [2.05, 4.69) is 6.58 Å². The normalized spacial score (nSPS) is 16.3. The average Bonchev–Trinajstić information content (AvgIpc) is 2.57. The van der Waals surface area contributed by atoms with E-state index in [0.29, 0.717) is 31.0 Å². The average molecular weight is 415 g/mol. The van der Waals surface area contributed by atoms with Crippen molar-refractivity contribution >= 4 is 17.7 Å². The molecule has 0 rings (SSSR count). The van der Waals surface area contributed by atoms with Crippen LogP contribution in [-0.4, -0.2) is 47.4 Å². The number of carbonyl (C=O) groups excluding carboxylic acids is 1. The Bertz CT molecular complexity index is 563. The lowest BCUT2D eigenvalue weighted by Gasteiger charge is -2.36. The highest BCUT2D eigenvalue weighted by Crippen LogP contribution is 2.35. The quantitative estimate of drug-likeness (QED) is 0.466. The molecule has 0 aliphatic carbocycles. The summed E-state index contributed by atoms with van der Waals surface area (Å²) in [4.78, 5) is 13.7. The molecule has 3 N–H and O–H groups in total. The highest BCUT2D eigenvalue weighted by molar-refractivity contribution is 6.29. The van der Waals surface area contributed by atoms with E-state index in [1.165, 1.54) is 0 Å². The van der Waals surface area contributed by atoms with Gasteiger partial charge in [0.05, 0.1) is 5.60 Å². The summed E-state index contributed by atoms with van der Waals surface area (Å²) < 4.78 is 5.37. The van der Waals surface area contributed by atoms with Crippen LogP contribution in [0.15, 0.2) is 35.4 Å². The Balaban J connectivity index is 5.15. The summed E-state index contributed by atoms with van der Waals surface area (Å²) in [6.07, 6.45) is 7.60. The van der Waals surface area contributed by atoms with Crippen LogP contribution in [0.5, 0.6) is 0 Å². The number of hydrogen-bond acceptors (Lipinski definition) is 4. The molecule has 0 aliphatic rings. The van der Waals surface area contributed by atoms with Gasteiger partial charge in [-0.25, -0.2) is 4.79 Å². The Morgan fingerprint density at radius 1 is 1.36 bits per heavy atom. The molecule has 2 unspecified atom stereocenters. The number of amides is 1. The molecule has 0 heterocycles. The van der Waals surface area contributed by atoms with Gasteiger partial charge in [-0.15, -0.1) is 0 Å². The van der Waals surface area contributed by atoms with Crippen LogP contribution in [0.25, 0.3) is 0 Å². The largest absolute Gasteiger partial charge is 0.444 e. The summed E-state index contributed by atoms with van der Waals surface area (Å²) in [6.45, 7) is 14.1. The number of nitrogens with two attached hydrogens (primary N) is 1. The van der Waals surface area contributed by atoms with Crippen molar-refractivity contribution in [3.05, 3.63) is 35.4 Å². The molecule has 0 fully saturated rings. The highest BCUT2D eigenvalue weighted by Gasteiger charge is 2.35. The molecule has 28 heavy (non-hydrogen) atoms. The van der Waals surface area contributed by atoms with Gasteiger partial charge in [0.25, 0.3) is 0 Å². The molecule has 1 amide bonds. The summed E-state index contributed by atoms with van der Waals surface area (Å²) in [6, 6.07) is 0. The molecule has 0 spiro atoms. The highest BCUT2D eigenvalue weighted by atomic mass is 35.5. The minimum atomic E-state index is -1.06. The fraction of sp³-hybridized carbons (Fsp3) is 0.682. The summed E-state index contributed by atoms with van der Waals surface area (Å²) in [5.41, 5.74) is 4.84. The van der Waals surface area contributed by atoms with Gasteiger partial charge < -0.3 is 20.5 Å². The first-order valence-corrected chi connectivity index (χ1v) is 10.3. The van der Waals surface area contributed by atoms with Gasteiger partial charge in [-0.05, 0) is 77.5 Å². The van der Waals surface area contributed by atoms with E-state index in [0.717, 1.165) is 18.4 Å². The number of carbonyl (C=O) groups is 1. The third kappa shape index (κ3) is 9.76. The van der Waals surface area contributed by atoms with Gasteiger partial charge in [-0.3, -0.25) is 0 Å². The second-order valence-corrected chi connectivity index (χ2v) is 8.95. The Morgan fingerprint density at radius 2 is 1.96 bits per heavy atom. The van der Waals surface area contributed by atoms with Crippen molar-refractivity contribution in [2.24, 2.45) is 11.7 Å². The summed E-state index contributed by atoms with van der Waals surface area (Å²) in [5, 5.41) is 12.1. The number of allylic oxidation sites excluding steroid dienone is 3. The second-order valence-electron chi connectivity index (χ2n) is 8.35. The van der Waals surface area contributed by atoms with E-state index in [1.807, 2.05) is 27.7 Å². The molecule has 0 radical (unpaired) electrons. The zero-order chi connectivity index (χ0) is 22.0. The first-order valence-electron chi connectivity index (χ1n) is 9.91. The molecule has 0 aromatic rings. The molecule has 162 valence electrons. The molecular weight excluding hydrogens is 376 g/mol. The molecule has 2 atom stereocenters. The number of nitrogens with zero attached hydrogens (tertiary/aromatic N) is 1. The van der Waals surface area contributed by atoms with Gasteiger partial charge in [-0.1, -0.05) is 37.3 Å². The lowest BCUT2D eigenvalue weighted by molar-refractivity contribution is 0.0110. The van der Waals surface area contributed by atoms with Crippen molar-refractivity contribution in [2.45, 2.75) is 71.5 Å². The predicted octanol–water partition coefficient (Wildman–Crippen LogP) is 4.99. The minimum absolute atomic E-state index is 0.0513. The van der Waals surface area contributed by atoms with Crippen LogP contribution >= 0.6 is 11.6 Å². The Morgan fingerprint density at radius 3 is 2.43 bits per heavy atom. The van der Waals surface area contributed by atoms with Crippen LogP contribution < -0.4 is 5.73 Å². The standard InChI is InChI=1S/C22H39ClN2O3/c1-8-11-19(16-18(3)23)22(27,13-10-14-24)17(2)12-9-15-25(7)20(26)28-21(4,5)6/h8,11,16-17,27H,1,9-10,12-15,24H2,2-7H3/b18-16+,19-11+. The van der Waals surface area contributed by atoms with Crippen LogP contribution in [0.3, 0.4) is 0 Å². The Kier molecular flexibility index (Phi) is 11.7. The van der Waals surface area contributed by atoms with Crippen LogP contribution in [0.1, 0.15) is 60.3 Å². The molecule has 0 aromatic heterocycles. The number of hydrogen-bond donors (Lipinski definition) is 2. The van der Waals surface area contributed by atoms with Crippen LogP contribution in [0.4, 0.5) is 4.79 Å². The second kappa shape index (κ2) is 12.3. The van der Waals surface area contributed by atoms with Gasteiger partial charge >= 0.3 is 6.09 Å². The molecule has 0 aliphatic heterocycles. The number of aliphatic hydroxyl groups is 1. The SMILES string of the molecule is C=C/C=C(\C=C(/C)Cl)C(O)(CCCN)C(C)CCCN(C)C(=O)OC(C)(C)C. The van der Waals surface area contributed by atoms with E-state index < -0.39 is 11.2 Å². The van der Waals surface area contributed by atoms with Gasteiger partial charge in [0.2, 0.25) is 0 Å². The van der Waals surface area contributed by atoms with Crippen LogP contribution in [0.2, 0.25) is 0 Å². The van der Waals surface area contributed by atoms with Gasteiger partial charge in [0, 0.05) is 18.6 Å². The summed E-state index contributed by atoms with van der Waals surface area (Å²) in [7, 11) is 1.72. The predicted molar refractivity (Wildman–Crippen MR) is 118 cm³/mol. The van der Waals surface area contributed by atoms with E-state index >= 15 is 0 Å². The maximum Gasteiger partial charge on any atom is 0.410 e. The smallest absolute Gasteiger partial charge is 0.410 e. The number of ether oxygens (including phenoxy) is 1. The number of rotatable bonds is 11. The molecule has 0 bridgehead atoms. The molecule has 0 aromatic carbocycles. The van der Waals surface area contributed by atoms with Crippen LogP contribution in [0, 0.1) is 5.92 Å². The Hall–Kier alpha value is -1.30. The first kappa shape index (κ1) is 26.7. The zero-order valence-electron chi connectivity index (χ0n) is 18.4. The maximum absolute atomic E-state index is 12.1. The molecular formula is C22H39ClN2O3. The first-order chi connectivity index (χ1) is 12.9. The lowest BCUT2D eigenvalue weighted by atomic mass is 9.76. The van der Waals surface area contributed by atoms with E-state index in [9.17, 15) is 9.90 Å². The summed E-state index contributed by atoms with van der Waals surface area (Å²) >= 11 is 6.08. The van der Waals surface area contributed by atoms with Crippen molar-refractivity contribution in [3.63, 3.8) is 0 Å². The molecule has 5 nitrogen and oxygen atoms in total. The fourth-order valence-electron chi connectivity index (χ4n) is 3.01. The Labute approximate surface area is 176 Å². The topological polar surface area (TPSA) is 75.8 Å². The van der Waals surface area contributed by atoms with Crippen molar-refractivity contribution < 1.29 is 14.6 Å². The third-order valence-corrected chi connectivity index (χ3v) is 4.67. The van der Waals surface area contributed by atoms with E-state index in [1.54, 1.807) is 37.1 Å². The zero-order valence-corrected chi connectivity index (χ0v) is 19.2. The summed E-state index contributed by atoms with van der Waals surface area (Å²) in [5.74, 6) is -0.0513. The van der Waals surface area contributed by atoms with Gasteiger partial charge in [-0.2, -0.15) is 0 Å². The van der Waals surface area contributed by atoms with Gasteiger partial charge in [0.1, 0.15) is 5.60 Å². The molecule has 6 heteroatoms. The number of halogens is 1.